The molecule has 3 rings (SSSR count). The molecule has 0 bridgehead atoms. The summed E-state index contributed by atoms with van der Waals surface area (Å²) >= 11 is 3.01. The predicted molar refractivity (Wildman–Crippen MR) is 112 cm³/mol. The standard InChI is InChI=1S/C20H22N4OS2/c1-13-12-27-20(21-13)24(16-8-6-5-7-9-16)18(25)11-10-17-14(2)22-19(26-4)23-15(17)3/h5-9,12H,10-11H2,1-4H3. The number of carbonyl (C=O) groups is 1. The van der Waals surface area contributed by atoms with Crippen molar-refractivity contribution in [3.05, 3.63) is 58.4 Å². The second kappa shape index (κ2) is 8.63. The van der Waals surface area contributed by atoms with Crippen LogP contribution in [0.5, 0.6) is 0 Å². The van der Waals surface area contributed by atoms with E-state index in [1.807, 2.05) is 62.7 Å². The van der Waals surface area contributed by atoms with E-state index >= 15 is 0 Å². The monoisotopic (exact) mass is 398 g/mol. The van der Waals surface area contributed by atoms with E-state index in [1.165, 1.54) is 23.1 Å². The van der Waals surface area contributed by atoms with Crippen LogP contribution in [0.1, 0.15) is 29.1 Å². The highest BCUT2D eigenvalue weighted by molar-refractivity contribution is 7.98. The van der Waals surface area contributed by atoms with Gasteiger partial charge in [0, 0.05) is 23.2 Å². The summed E-state index contributed by atoms with van der Waals surface area (Å²) in [6.07, 6.45) is 2.95. The van der Waals surface area contributed by atoms with Crippen LogP contribution in [0.3, 0.4) is 0 Å². The molecular weight excluding hydrogens is 376 g/mol. The van der Waals surface area contributed by atoms with Gasteiger partial charge in [0.2, 0.25) is 5.91 Å². The summed E-state index contributed by atoms with van der Waals surface area (Å²) in [7, 11) is 0. The molecule has 27 heavy (non-hydrogen) atoms. The maximum absolute atomic E-state index is 13.1. The minimum Gasteiger partial charge on any atom is -0.274 e. The summed E-state index contributed by atoms with van der Waals surface area (Å²) in [5, 5.41) is 3.43. The van der Waals surface area contributed by atoms with Crippen LogP contribution >= 0.6 is 23.1 Å². The Labute approximate surface area is 167 Å². The Bertz CT molecular complexity index is 917. The molecule has 1 amide bonds. The fraction of sp³-hybridized carbons (Fsp3) is 0.300. The summed E-state index contributed by atoms with van der Waals surface area (Å²) in [4.78, 5) is 28.4. The third kappa shape index (κ3) is 4.54. The largest absolute Gasteiger partial charge is 0.274 e. The van der Waals surface area contributed by atoms with Crippen molar-refractivity contribution in [3.63, 3.8) is 0 Å². The van der Waals surface area contributed by atoms with Gasteiger partial charge < -0.3 is 0 Å². The molecule has 0 atom stereocenters. The normalized spacial score (nSPS) is 10.8. The number of nitrogens with zero attached hydrogens (tertiary/aromatic N) is 4. The van der Waals surface area contributed by atoms with E-state index in [1.54, 1.807) is 4.90 Å². The molecule has 0 unspecified atom stereocenters. The molecule has 0 saturated heterocycles. The number of aryl methyl sites for hydroxylation is 3. The Balaban J connectivity index is 1.84. The molecule has 2 heterocycles. The number of rotatable bonds is 6. The number of aromatic nitrogens is 3. The predicted octanol–water partition coefficient (Wildman–Crippen LogP) is 4.88. The van der Waals surface area contributed by atoms with Crippen molar-refractivity contribution >= 4 is 39.8 Å². The van der Waals surface area contributed by atoms with Gasteiger partial charge in [0.05, 0.1) is 11.4 Å². The summed E-state index contributed by atoms with van der Waals surface area (Å²) in [5.74, 6) is 0.0169. The van der Waals surface area contributed by atoms with Gasteiger partial charge in [-0.15, -0.1) is 11.3 Å². The highest BCUT2D eigenvalue weighted by Crippen LogP contribution is 2.29. The third-order valence-corrected chi connectivity index (χ3v) is 5.72. The summed E-state index contributed by atoms with van der Waals surface area (Å²) in [6.45, 7) is 5.89. The molecule has 0 radical (unpaired) electrons. The van der Waals surface area contributed by atoms with Crippen LogP contribution in [0.2, 0.25) is 0 Å². The van der Waals surface area contributed by atoms with E-state index in [0.717, 1.165) is 33.5 Å². The summed E-state index contributed by atoms with van der Waals surface area (Å²) < 4.78 is 0. The first kappa shape index (κ1) is 19.5. The second-order valence-electron chi connectivity index (χ2n) is 6.20. The highest BCUT2D eigenvalue weighted by Gasteiger charge is 2.21. The van der Waals surface area contributed by atoms with Crippen molar-refractivity contribution in [2.75, 3.05) is 11.2 Å². The van der Waals surface area contributed by atoms with Crippen molar-refractivity contribution in [2.45, 2.75) is 38.8 Å². The maximum Gasteiger partial charge on any atom is 0.233 e. The fourth-order valence-corrected chi connectivity index (χ4v) is 4.18. The van der Waals surface area contributed by atoms with Crippen molar-refractivity contribution in [1.82, 2.24) is 15.0 Å². The van der Waals surface area contributed by atoms with E-state index < -0.39 is 0 Å². The zero-order chi connectivity index (χ0) is 19.4. The Morgan fingerprint density at radius 3 is 2.30 bits per heavy atom. The Hall–Kier alpha value is -2.25. The highest BCUT2D eigenvalue weighted by atomic mass is 32.2. The van der Waals surface area contributed by atoms with Gasteiger partial charge in [-0.05, 0) is 51.1 Å². The first-order valence-electron chi connectivity index (χ1n) is 8.68. The van der Waals surface area contributed by atoms with Crippen molar-refractivity contribution in [1.29, 1.82) is 0 Å². The van der Waals surface area contributed by atoms with Crippen LogP contribution in [0.25, 0.3) is 0 Å². The smallest absolute Gasteiger partial charge is 0.233 e. The van der Waals surface area contributed by atoms with Crippen LogP contribution in [-0.2, 0) is 11.2 Å². The number of hydrogen-bond donors (Lipinski definition) is 0. The molecule has 2 aromatic heterocycles. The van der Waals surface area contributed by atoms with Gasteiger partial charge in [0.1, 0.15) is 0 Å². The lowest BCUT2D eigenvalue weighted by atomic mass is 10.1. The van der Waals surface area contributed by atoms with Crippen molar-refractivity contribution in [2.24, 2.45) is 0 Å². The average Bonchev–Trinajstić information content (AvgIpc) is 3.07. The SMILES string of the molecule is CSc1nc(C)c(CCC(=O)N(c2ccccc2)c2nc(C)cs2)c(C)n1. The number of thioether (sulfide) groups is 1. The lowest BCUT2D eigenvalue weighted by Gasteiger charge is -2.20. The lowest BCUT2D eigenvalue weighted by molar-refractivity contribution is -0.117. The third-order valence-electron chi connectivity index (χ3n) is 4.23. The van der Waals surface area contributed by atoms with Gasteiger partial charge in [-0.3, -0.25) is 9.69 Å². The molecule has 0 aliphatic heterocycles. The van der Waals surface area contributed by atoms with E-state index in [2.05, 4.69) is 15.0 Å². The molecule has 0 N–H and O–H groups in total. The molecule has 7 heteroatoms. The molecule has 0 saturated carbocycles. The molecular formula is C20H22N4OS2. The number of carbonyl (C=O) groups excluding carboxylic acids is 1. The molecule has 0 aliphatic carbocycles. The summed E-state index contributed by atoms with van der Waals surface area (Å²) in [5.41, 5.74) is 4.67. The number of anilines is 2. The number of para-hydroxylation sites is 1. The molecule has 140 valence electrons. The maximum atomic E-state index is 13.1. The van der Waals surface area contributed by atoms with Gasteiger partial charge in [-0.1, -0.05) is 30.0 Å². The summed E-state index contributed by atoms with van der Waals surface area (Å²) in [6, 6.07) is 9.67. The topological polar surface area (TPSA) is 59.0 Å². The van der Waals surface area contributed by atoms with E-state index in [-0.39, 0.29) is 5.91 Å². The second-order valence-corrected chi connectivity index (χ2v) is 7.81. The molecule has 0 aliphatic rings. The molecule has 0 spiro atoms. The first-order chi connectivity index (χ1) is 13.0. The van der Waals surface area contributed by atoms with Gasteiger partial charge in [-0.2, -0.15) is 0 Å². The Kier molecular flexibility index (Phi) is 6.23. The van der Waals surface area contributed by atoms with Crippen molar-refractivity contribution in [3.8, 4) is 0 Å². The van der Waals surface area contributed by atoms with E-state index in [4.69, 9.17) is 0 Å². The van der Waals surface area contributed by atoms with Crippen LogP contribution in [0.4, 0.5) is 10.8 Å². The fourth-order valence-electron chi connectivity index (χ4n) is 2.89. The van der Waals surface area contributed by atoms with E-state index in [9.17, 15) is 4.79 Å². The van der Waals surface area contributed by atoms with Gasteiger partial charge >= 0.3 is 0 Å². The van der Waals surface area contributed by atoms with Crippen LogP contribution < -0.4 is 4.90 Å². The lowest BCUT2D eigenvalue weighted by Crippen LogP contribution is -2.26. The Morgan fingerprint density at radius 2 is 1.74 bits per heavy atom. The minimum atomic E-state index is 0.0169. The minimum absolute atomic E-state index is 0.0169. The van der Waals surface area contributed by atoms with Crippen LogP contribution in [-0.4, -0.2) is 27.1 Å². The number of thiazole rings is 1. The first-order valence-corrected chi connectivity index (χ1v) is 10.8. The molecule has 5 nitrogen and oxygen atoms in total. The van der Waals surface area contributed by atoms with Crippen LogP contribution in [0.15, 0.2) is 40.9 Å². The van der Waals surface area contributed by atoms with Gasteiger partial charge in [0.25, 0.3) is 0 Å². The number of amides is 1. The van der Waals surface area contributed by atoms with E-state index in [0.29, 0.717) is 18.0 Å². The van der Waals surface area contributed by atoms with Crippen LogP contribution in [0, 0.1) is 20.8 Å². The number of hydrogen-bond acceptors (Lipinski definition) is 6. The molecule has 0 fully saturated rings. The zero-order valence-electron chi connectivity index (χ0n) is 15.9. The molecule has 3 aromatic rings. The van der Waals surface area contributed by atoms with Gasteiger partial charge in [0.15, 0.2) is 10.3 Å². The number of benzene rings is 1. The quantitative estimate of drug-likeness (QED) is 0.438. The van der Waals surface area contributed by atoms with Gasteiger partial charge in [-0.25, -0.2) is 15.0 Å². The van der Waals surface area contributed by atoms with Crippen molar-refractivity contribution < 1.29 is 4.79 Å². The average molecular weight is 399 g/mol. The Morgan fingerprint density at radius 1 is 1.07 bits per heavy atom. The zero-order valence-corrected chi connectivity index (χ0v) is 17.5. The molecule has 1 aromatic carbocycles.